The number of carbonyl (C=O) groups is 1. The number of hydrogen-bond acceptors (Lipinski definition) is 4. The first-order valence-corrected chi connectivity index (χ1v) is 5.69. The molecule has 1 amide bonds. The maximum absolute atomic E-state index is 11.8. The molecule has 0 aliphatic heterocycles. The van der Waals surface area contributed by atoms with Crippen LogP contribution in [0.3, 0.4) is 0 Å². The second-order valence-corrected chi connectivity index (χ2v) is 4.07. The number of aromatic hydroxyl groups is 1. The average molecular weight is 258 g/mol. The Kier molecular flexibility index (Phi) is 3.61. The zero-order valence-electron chi connectivity index (χ0n) is 10.7. The third kappa shape index (κ3) is 2.79. The first-order valence-electron chi connectivity index (χ1n) is 5.69. The lowest BCUT2D eigenvalue weighted by molar-refractivity contribution is 0.0952. The number of aromatic nitrogens is 2. The van der Waals surface area contributed by atoms with Crippen molar-refractivity contribution >= 4 is 12.1 Å². The molecule has 0 spiro atoms. The molecule has 1 heterocycles. The maximum atomic E-state index is 11.8. The third-order valence-electron chi connectivity index (χ3n) is 2.69. The predicted octanol–water partition coefficient (Wildman–Crippen LogP) is 1.20. The molecule has 2 N–H and O–H groups in total. The van der Waals surface area contributed by atoms with Crippen LogP contribution in [-0.2, 0) is 7.05 Å². The molecule has 2 rings (SSSR count). The summed E-state index contributed by atoms with van der Waals surface area (Å²) in [5.74, 6) is 0.118. The van der Waals surface area contributed by atoms with Crippen molar-refractivity contribution in [1.82, 2.24) is 15.0 Å². The predicted molar refractivity (Wildman–Crippen MR) is 71.1 cm³/mol. The molecule has 0 bridgehead atoms. The summed E-state index contributed by atoms with van der Waals surface area (Å²) in [4.78, 5) is 15.8. The van der Waals surface area contributed by atoms with E-state index in [1.165, 1.54) is 12.3 Å². The van der Waals surface area contributed by atoms with Crippen LogP contribution in [0.2, 0.25) is 0 Å². The largest absolute Gasteiger partial charge is 0.507 e. The van der Waals surface area contributed by atoms with Crippen LogP contribution in [0.25, 0.3) is 0 Å². The van der Waals surface area contributed by atoms with E-state index in [4.69, 9.17) is 0 Å². The number of aryl methyl sites for hydroxylation is 2. The van der Waals surface area contributed by atoms with Gasteiger partial charge in [-0.05, 0) is 18.6 Å². The molecule has 19 heavy (non-hydrogen) atoms. The SMILES string of the molecule is Cc1cccc(C(=O)N/N=C/c2nccn2C)c1O. The standard InChI is InChI=1S/C13H14N4O2/c1-9-4-3-5-10(12(9)18)13(19)16-15-8-11-14-6-7-17(11)2/h3-8,18H,1-2H3,(H,16,19)/b15-8+. The Morgan fingerprint density at radius 1 is 1.53 bits per heavy atom. The van der Waals surface area contributed by atoms with Gasteiger partial charge in [0.05, 0.1) is 11.8 Å². The van der Waals surface area contributed by atoms with Crippen LogP contribution in [0, 0.1) is 6.92 Å². The molecule has 1 aromatic heterocycles. The van der Waals surface area contributed by atoms with Gasteiger partial charge in [-0.3, -0.25) is 4.79 Å². The Morgan fingerprint density at radius 2 is 2.32 bits per heavy atom. The van der Waals surface area contributed by atoms with Crippen LogP contribution in [0.4, 0.5) is 0 Å². The minimum absolute atomic E-state index is 0.0350. The number of nitrogens with one attached hydrogen (secondary N) is 1. The number of carbonyl (C=O) groups excluding carboxylic acids is 1. The summed E-state index contributed by atoms with van der Waals surface area (Å²) in [7, 11) is 1.82. The summed E-state index contributed by atoms with van der Waals surface area (Å²) in [6.45, 7) is 1.73. The van der Waals surface area contributed by atoms with E-state index in [1.54, 1.807) is 36.0 Å². The zero-order chi connectivity index (χ0) is 13.8. The number of nitrogens with zero attached hydrogens (tertiary/aromatic N) is 3. The fourth-order valence-electron chi connectivity index (χ4n) is 1.55. The molecule has 0 aliphatic rings. The summed E-state index contributed by atoms with van der Waals surface area (Å²) < 4.78 is 1.76. The number of phenolic OH excluding ortho intramolecular Hbond substituents is 1. The van der Waals surface area contributed by atoms with Crippen molar-refractivity contribution in [2.45, 2.75) is 6.92 Å². The summed E-state index contributed by atoms with van der Waals surface area (Å²) in [6, 6.07) is 4.96. The first kappa shape index (κ1) is 12.8. The second kappa shape index (κ2) is 5.34. The van der Waals surface area contributed by atoms with Gasteiger partial charge in [-0.15, -0.1) is 0 Å². The Labute approximate surface area is 110 Å². The molecule has 0 saturated carbocycles. The van der Waals surface area contributed by atoms with Crippen molar-refractivity contribution in [3.63, 3.8) is 0 Å². The molecule has 6 heteroatoms. The van der Waals surface area contributed by atoms with E-state index in [1.807, 2.05) is 7.05 Å². The number of hydrazone groups is 1. The normalized spacial score (nSPS) is 10.8. The molecule has 0 fully saturated rings. The number of phenols is 1. The lowest BCUT2D eigenvalue weighted by Crippen LogP contribution is -2.18. The van der Waals surface area contributed by atoms with Crippen LogP contribution < -0.4 is 5.43 Å². The topological polar surface area (TPSA) is 79.5 Å². The van der Waals surface area contributed by atoms with Gasteiger partial charge in [0.1, 0.15) is 5.75 Å². The molecular formula is C13H14N4O2. The molecule has 0 saturated heterocycles. The molecule has 0 radical (unpaired) electrons. The highest BCUT2D eigenvalue weighted by molar-refractivity contribution is 5.97. The summed E-state index contributed by atoms with van der Waals surface area (Å²) >= 11 is 0. The van der Waals surface area contributed by atoms with E-state index < -0.39 is 5.91 Å². The van der Waals surface area contributed by atoms with Crippen LogP contribution in [0.15, 0.2) is 35.7 Å². The van der Waals surface area contributed by atoms with E-state index in [2.05, 4.69) is 15.5 Å². The summed E-state index contributed by atoms with van der Waals surface area (Å²) in [6.07, 6.45) is 4.84. The number of para-hydroxylation sites is 1. The van der Waals surface area contributed by atoms with Gasteiger partial charge in [0.15, 0.2) is 5.82 Å². The minimum Gasteiger partial charge on any atom is -0.507 e. The molecule has 98 valence electrons. The summed E-state index contributed by atoms with van der Waals surface area (Å²) in [5.41, 5.74) is 3.18. The smallest absolute Gasteiger partial charge is 0.275 e. The van der Waals surface area contributed by atoms with E-state index in [0.29, 0.717) is 11.4 Å². The lowest BCUT2D eigenvalue weighted by atomic mass is 10.1. The average Bonchev–Trinajstić information content (AvgIpc) is 2.78. The molecule has 1 aromatic carbocycles. The Morgan fingerprint density at radius 3 is 3.00 bits per heavy atom. The molecule has 2 aromatic rings. The number of hydrogen-bond donors (Lipinski definition) is 2. The maximum Gasteiger partial charge on any atom is 0.275 e. The van der Waals surface area contributed by atoms with Crippen molar-refractivity contribution in [3.8, 4) is 5.75 Å². The highest BCUT2D eigenvalue weighted by atomic mass is 16.3. The van der Waals surface area contributed by atoms with Crippen LogP contribution >= 0.6 is 0 Å². The van der Waals surface area contributed by atoms with E-state index in [-0.39, 0.29) is 11.3 Å². The van der Waals surface area contributed by atoms with E-state index in [0.717, 1.165) is 0 Å². The Hall–Kier alpha value is -2.63. The van der Waals surface area contributed by atoms with Gasteiger partial charge < -0.3 is 9.67 Å². The van der Waals surface area contributed by atoms with Gasteiger partial charge in [0, 0.05) is 19.4 Å². The highest BCUT2D eigenvalue weighted by Gasteiger charge is 2.11. The number of imidazole rings is 1. The van der Waals surface area contributed by atoms with Gasteiger partial charge >= 0.3 is 0 Å². The van der Waals surface area contributed by atoms with Crippen molar-refractivity contribution in [2.24, 2.45) is 12.1 Å². The van der Waals surface area contributed by atoms with Gasteiger partial charge in [-0.25, -0.2) is 10.4 Å². The van der Waals surface area contributed by atoms with E-state index >= 15 is 0 Å². The third-order valence-corrected chi connectivity index (χ3v) is 2.69. The van der Waals surface area contributed by atoms with Crippen molar-refractivity contribution in [3.05, 3.63) is 47.5 Å². The van der Waals surface area contributed by atoms with Gasteiger partial charge in [-0.1, -0.05) is 12.1 Å². The van der Waals surface area contributed by atoms with Gasteiger partial charge in [-0.2, -0.15) is 5.10 Å². The van der Waals surface area contributed by atoms with Crippen LogP contribution in [-0.4, -0.2) is 26.8 Å². The zero-order valence-corrected chi connectivity index (χ0v) is 10.7. The van der Waals surface area contributed by atoms with E-state index in [9.17, 15) is 9.90 Å². The molecular weight excluding hydrogens is 244 g/mol. The minimum atomic E-state index is -0.466. The number of benzene rings is 1. The van der Waals surface area contributed by atoms with Crippen LogP contribution in [0.5, 0.6) is 5.75 Å². The summed E-state index contributed by atoms with van der Waals surface area (Å²) in [5, 5.41) is 13.6. The number of rotatable bonds is 3. The Balaban J connectivity index is 2.08. The second-order valence-electron chi connectivity index (χ2n) is 4.07. The van der Waals surface area contributed by atoms with Gasteiger partial charge in [0.25, 0.3) is 5.91 Å². The monoisotopic (exact) mass is 258 g/mol. The molecule has 0 aliphatic carbocycles. The molecule has 6 nitrogen and oxygen atoms in total. The van der Waals surface area contributed by atoms with Crippen molar-refractivity contribution in [1.29, 1.82) is 0 Å². The van der Waals surface area contributed by atoms with Crippen molar-refractivity contribution in [2.75, 3.05) is 0 Å². The van der Waals surface area contributed by atoms with Crippen molar-refractivity contribution < 1.29 is 9.90 Å². The fraction of sp³-hybridized carbons (Fsp3) is 0.154. The highest BCUT2D eigenvalue weighted by Crippen LogP contribution is 2.20. The van der Waals surface area contributed by atoms with Gasteiger partial charge in [0.2, 0.25) is 0 Å². The Bertz CT molecular complexity index is 631. The molecule has 0 unspecified atom stereocenters. The number of amides is 1. The van der Waals surface area contributed by atoms with Crippen LogP contribution in [0.1, 0.15) is 21.7 Å². The quantitative estimate of drug-likeness (QED) is 0.641. The lowest BCUT2D eigenvalue weighted by Gasteiger charge is -2.04. The molecule has 0 atom stereocenters. The first-order chi connectivity index (χ1) is 9.09. The fourth-order valence-corrected chi connectivity index (χ4v) is 1.55.